The summed E-state index contributed by atoms with van der Waals surface area (Å²) in [6, 6.07) is 4.15. The lowest BCUT2D eigenvalue weighted by atomic mass is 10.3. The van der Waals surface area contributed by atoms with Crippen LogP contribution in [-0.4, -0.2) is 14.8 Å². The molecule has 2 aromatic rings. The normalized spacial score (nSPS) is 10.7. The third-order valence-electron chi connectivity index (χ3n) is 1.80. The van der Waals surface area contributed by atoms with Gasteiger partial charge in [0.25, 0.3) is 0 Å². The van der Waals surface area contributed by atoms with Crippen molar-refractivity contribution in [3.05, 3.63) is 32.4 Å². The van der Waals surface area contributed by atoms with E-state index in [-0.39, 0.29) is 0 Å². The zero-order chi connectivity index (χ0) is 9.97. The maximum atomic E-state index is 5.79. The summed E-state index contributed by atoms with van der Waals surface area (Å²) in [6.45, 7) is 0.818. The van der Waals surface area contributed by atoms with Gasteiger partial charge in [-0.2, -0.15) is 0 Å². The van der Waals surface area contributed by atoms with Crippen LogP contribution in [0, 0.1) is 0 Å². The summed E-state index contributed by atoms with van der Waals surface area (Å²) in [5.41, 5.74) is 0. The third kappa shape index (κ3) is 2.34. The fourth-order valence-electron chi connectivity index (χ4n) is 1.11. The summed E-state index contributed by atoms with van der Waals surface area (Å²) in [7, 11) is 0. The van der Waals surface area contributed by atoms with Crippen molar-refractivity contribution in [2.45, 2.75) is 13.0 Å². The lowest BCUT2D eigenvalue weighted by molar-refractivity contribution is 0.700. The molecule has 2 aromatic heterocycles. The molecule has 0 spiro atoms. The molecule has 0 N–H and O–H groups in total. The van der Waals surface area contributed by atoms with Crippen LogP contribution in [0.1, 0.15) is 4.88 Å². The Kier molecular flexibility index (Phi) is 3.20. The molecule has 0 amide bonds. The number of halogens is 2. The molecule has 2 heterocycles. The van der Waals surface area contributed by atoms with Gasteiger partial charge in [0, 0.05) is 11.4 Å². The smallest absolute Gasteiger partial charge is 0.224 e. The van der Waals surface area contributed by atoms with Crippen LogP contribution in [-0.2, 0) is 13.0 Å². The molecule has 0 atom stereocenters. The summed E-state index contributed by atoms with van der Waals surface area (Å²) in [5, 5.41) is 7.87. The molecule has 0 saturated heterocycles. The molecule has 0 saturated carbocycles. The van der Waals surface area contributed by atoms with Crippen LogP contribution < -0.4 is 0 Å². The van der Waals surface area contributed by atoms with E-state index in [2.05, 4.69) is 32.2 Å². The van der Waals surface area contributed by atoms with E-state index in [1.165, 1.54) is 4.88 Å². The van der Waals surface area contributed by atoms with Crippen LogP contribution in [0.5, 0.6) is 0 Å². The number of thiophene rings is 1. The first-order chi connectivity index (χ1) is 6.75. The molecular weight excluding hydrogens is 286 g/mol. The SMILES string of the molecule is Clc1nncn1CCc1ccc(Br)s1. The summed E-state index contributed by atoms with van der Waals surface area (Å²) in [5.74, 6) is 0. The van der Waals surface area contributed by atoms with E-state index >= 15 is 0 Å². The van der Waals surface area contributed by atoms with Crippen LogP contribution in [0.15, 0.2) is 22.2 Å². The van der Waals surface area contributed by atoms with Gasteiger partial charge in [0.2, 0.25) is 5.28 Å². The zero-order valence-corrected chi connectivity index (χ0v) is 10.3. The van der Waals surface area contributed by atoms with E-state index in [9.17, 15) is 0 Å². The highest BCUT2D eigenvalue weighted by Gasteiger charge is 2.02. The van der Waals surface area contributed by atoms with Crippen molar-refractivity contribution in [2.75, 3.05) is 0 Å². The number of nitrogens with zero attached hydrogens (tertiary/aromatic N) is 3. The minimum atomic E-state index is 0.445. The number of hydrogen-bond acceptors (Lipinski definition) is 3. The Balaban J connectivity index is 1.98. The predicted molar refractivity (Wildman–Crippen MR) is 60.8 cm³/mol. The Bertz CT molecular complexity index is 426. The molecule has 0 unspecified atom stereocenters. The number of aromatic nitrogens is 3. The highest BCUT2D eigenvalue weighted by atomic mass is 79.9. The first-order valence-electron chi connectivity index (χ1n) is 4.03. The highest BCUT2D eigenvalue weighted by molar-refractivity contribution is 9.11. The fourth-order valence-corrected chi connectivity index (χ4v) is 2.75. The quantitative estimate of drug-likeness (QED) is 0.871. The van der Waals surface area contributed by atoms with Gasteiger partial charge in [-0.25, -0.2) is 0 Å². The summed E-state index contributed by atoms with van der Waals surface area (Å²) < 4.78 is 2.98. The van der Waals surface area contributed by atoms with Gasteiger partial charge in [0.1, 0.15) is 6.33 Å². The van der Waals surface area contributed by atoms with E-state index in [1.54, 1.807) is 17.7 Å². The van der Waals surface area contributed by atoms with Crippen molar-refractivity contribution in [1.82, 2.24) is 14.8 Å². The summed E-state index contributed by atoms with van der Waals surface area (Å²) in [6.07, 6.45) is 2.60. The van der Waals surface area contributed by atoms with Gasteiger partial charge in [0.05, 0.1) is 3.79 Å². The highest BCUT2D eigenvalue weighted by Crippen LogP contribution is 2.22. The van der Waals surface area contributed by atoms with E-state index < -0.39 is 0 Å². The van der Waals surface area contributed by atoms with Gasteiger partial charge in [-0.3, -0.25) is 0 Å². The molecule has 0 fully saturated rings. The Morgan fingerprint density at radius 1 is 1.50 bits per heavy atom. The first kappa shape index (κ1) is 10.1. The fraction of sp³-hybridized carbons (Fsp3) is 0.250. The Labute approximate surface area is 98.9 Å². The Hall–Kier alpha value is -0.390. The van der Waals surface area contributed by atoms with Crippen LogP contribution in [0.4, 0.5) is 0 Å². The molecule has 6 heteroatoms. The second kappa shape index (κ2) is 4.42. The monoisotopic (exact) mass is 291 g/mol. The lowest BCUT2D eigenvalue weighted by Crippen LogP contribution is -1.98. The first-order valence-corrected chi connectivity index (χ1v) is 6.02. The average Bonchev–Trinajstić information content (AvgIpc) is 2.72. The van der Waals surface area contributed by atoms with Gasteiger partial charge in [-0.1, -0.05) is 0 Å². The zero-order valence-electron chi connectivity index (χ0n) is 7.15. The summed E-state index contributed by atoms with van der Waals surface area (Å²) >= 11 is 11.0. The van der Waals surface area contributed by atoms with Gasteiger partial charge in [-0.05, 0) is 46.1 Å². The third-order valence-corrected chi connectivity index (χ3v) is 3.77. The number of rotatable bonds is 3. The van der Waals surface area contributed by atoms with Gasteiger partial charge >= 0.3 is 0 Å². The summed E-state index contributed by atoms with van der Waals surface area (Å²) in [4.78, 5) is 1.32. The maximum Gasteiger partial charge on any atom is 0.224 e. The van der Waals surface area contributed by atoms with Crippen molar-refractivity contribution < 1.29 is 0 Å². The molecule has 0 aromatic carbocycles. The van der Waals surface area contributed by atoms with Crippen LogP contribution >= 0.6 is 38.9 Å². The molecule has 2 rings (SSSR count). The standard InChI is InChI=1S/C8H7BrClN3S/c9-7-2-1-6(14-7)3-4-13-5-11-12-8(13)10/h1-2,5H,3-4H2. The molecule has 74 valence electrons. The van der Waals surface area contributed by atoms with Crippen LogP contribution in [0.25, 0.3) is 0 Å². The van der Waals surface area contributed by atoms with Crippen LogP contribution in [0.3, 0.4) is 0 Å². The van der Waals surface area contributed by atoms with Crippen molar-refractivity contribution in [3.63, 3.8) is 0 Å². The van der Waals surface area contributed by atoms with Crippen molar-refractivity contribution in [3.8, 4) is 0 Å². The van der Waals surface area contributed by atoms with E-state index in [4.69, 9.17) is 11.6 Å². The second-order valence-electron chi connectivity index (χ2n) is 2.75. The van der Waals surface area contributed by atoms with E-state index in [0.717, 1.165) is 16.8 Å². The van der Waals surface area contributed by atoms with Crippen molar-refractivity contribution >= 4 is 38.9 Å². The Morgan fingerprint density at radius 3 is 2.93 bits per heavy atom. The van der Waals surface area contributed by atoms with Gasteiger partial charge in [0.15, 0.2) is 0 Å². The van der Waals surface area contributed by atoms with Gasteiger partial charge < -0.3 is 4.57 Å². The molecule has 0 bridgehead atoms. The molecule has 3 nitrogen and oxygen atoms in total. The van der Waals surface area contributed by atoms with Gasteiger partial charge in [-0.15, -0.1) is 21.5 Å². The van der Waals surface area contributed by atoms with Crippen LogP contribution in [0.2, 0.25) is 5.28 Å². The average molecular weight is 293 g/mol. The second-order valence-corrected chi connectivity index (χ2v) is 5.63. The van der Waals surface area contributed by atoms with E-state index in [0.29, 0.717) is 5.28 Å². The number of aryl methyl sites for hydroxylation is 2. The minimum Gasteiger partial charge on any atom is -0.304 e. The molecule has 0 aliphatic heterocycles. The predicted octanol–water partition coefficient (Wildman–Crippen LogP) is 3.00. The molecule has 0 aliphatic carbocycles. The topological polar surface area (TPSA) is 30.7 Å². The molecule has 0 aliphatic rings. The Morgan fingerprint density at radius 2 is 2.36 bits per heavy atom. The van der Waals surface area contributed by atoms with Crippen molar-refractivity contribution in [2.24, 2.45) is 0 Å². The minimum absolute atomic E-state index is 0.445. The number of hydrogen-bond donors (Lipinski definition) is 0. The van der Waals surface area contributed by atoms with Crippen molar-refractivity contribution in [1.29, 1.82) is 0 Å². The van der Waals surface area contributed by atoms with E-state index in [1.807, 2.05) is 10.6 Å². The molecule has 14 heavy (non-hydrogen) atoms. The lowest BCUT2D eigenvalue weighted by Gasteiger charge is -1.99. The molecular formula is C8H7BrClN3S. The largest absolute Gasteiger partial charge is 0.304 e. The molecule has 0 radical (unpaired) electrons. The maximum absolute atomic E-state index is 5.79.